The Balaban J connectivity index is 2.14. The number of carbonyl (C=O) groups is 1. The summed E-state index contributed by atoms with van der Waals surface area (Å²) >= 11 is 0. The summed E-state index contributed by atoms with van der Waals surface area (Å²) in [5, 5.41) is 12.6. The SMILES string of the molecule is Cc1cc(NC(C)C2CCCCC2)cc(C(=O)O)c1N. The van der Waals surface area contributed by atoms with Gasteiger partial charge in [-0.3, -0.25) is 0 Å². The highest BCUT2D eigenvalue weighted by Crippen LogP contribution is 2.29. The van der Waals surface area contributed by atoms with Crippen molar-refractivity contribution in [3.63, 3.8) is 0 Å². The second-order valence-electron chi connectivity index (χ2n) is 5.89. The Bertz CT molecular complexity index is 493. The molecule has 0 amide bonds. The first-order chi connectivity index (χ1) is 9.49. The zero-order valence-electron chi connectivity index (χ0n) is 12.3. The first kappa shape index (κ1) is 14.7. The first-order valence-corrected chi connectivity index (χ1v) is 7.39. The molecular formula is C16H24N2O2. The zero-order valence-corrected chi connectivity index (χ0v) is 12.3. The molecule has 1 atom stereocenters. The van der Waals surface area contributed by atoms with E-state index in [1.54, 1.807) is 6.07 Å². The number of nitrogen functional groups attached to an aromatic ring is 1. The molecule has 0 aliphatic heterocycles. The second kappa shape index (κ2) is 6.16. The van der Waals surface area contributed by atoms with Crippen molar-refractivity contribution in [1.82, 2.24) is 0 Å². The summed E-state index contributed by atoms with van der Waals surface area (Å²) in [6.45, 7) is 4.03. The lowest BCUT2D eigenvalue weighted by Gasteiger charge is -2.29. The van der Waals surface area contributed by atoms with Gasteiger partial charge in [-0.25, -0.2) is 4.79 Å². The van der Waals surface area contributed by atoms with E-state index >= 15 is 0 Å². The molecule has 1 unspecified atom stereocenters. The number of nitrogens with one attached hydrogen (secondary N) is 1. The van der Waals surface area contributed by atoms with E-state index in [0.717, 1.165) is 11.3 Å². The Morgan fingerprint density at radius 3 is 2.60 bits per heavy atom. The Morgan fingerprint density at radius 2 is 2.00 bits per heavy atom. The lowest BCUT2D eigenvalue weighted by Crippen LogP contribution is -2.27. The van der Waals surface area contributed by atoms with Crippen LogP contribution < -0.4 is 11.1 Å². The monoisotopic (exact) mass is 276 g/mol. The quantitative estimate of drug-likeness (QED) is 0.734. The predicted molar refractivity (Wildman–Crippen MR) is 82.2 cm³/mol. The van der Waals surface area contributed by atoms with Crippen molar-refractivity contribution in [1.29, 1.82) is 0 Å². The number of carboxylic acids is 1. The van der Waals surface area contributed by atoms with Crippen LogP contribution in [0.3, 0.4) is 0 Å². The number of aryl methyl sites for hydroxylation is 1. The summed E-state index contributed by atoms with van der Waals surface area (Å²) in [6, 6.07) is 3.94. The molecule has 0 heterocycles. The number of anilines is 2. The Kier molecular flexibility index (Phi) is 4.53. The van der Waals surface area contributed by atoms with Crippen molar-refractivity contribution in [3.8, 4) is 0 Å². The fourth-order valence-corrected chi connectivity index (χ4v) is 3.07. The molecule has 1 saturated carbocycles. The fraction of sp³-hybridized carbons (Fsp3) is 0.562. The van der Waals surface area contributed by atoms with E-state index in [0.29, 0.717) is 17.6 Å². The van der Waals surface area contributed by atoms with Crippen LogP contribution in [0, 0.1) is 12.8 Å². The number of benzene rings is 1. The van der Waals surface area contributed by atoms with Gasteiger partial charge in [0.05, 0.1) is 5.56 Å². The maximum atomic E-state index is 11.2. The molecule has 1 aromatic rings. The van der Waals surface area contributed by atoms with Gasteiger partial charge in [-0.1, -0.05) is 19.3 Å². The molecule has 1 aliphatic rings. The molecule has 0 saturated heterocycles. The maximum Gasteiger partial charge on any atom is 0.337 e. The van der Waals surface area contributed by atoms with Crippen molar-refractivity contribution in [3.05, 3.63) is 23.3 Å². The summed E-state index contributed by atoms with van der Waals surface area (Å²) < 4.78 is 0. The fourth-order valence-electron chi connectivity index (χ4n) is 3.07. The predicted octanol–water partition coefficient (Wildman–Crippen LogP) is 3.66. The number of carboxylic acid groups (broad SMARTS) is 1. The third-order valence-corrected chi connectivity index (χ3v) is 4.37. The highest BCUT2D eigenvalue weighted by atomic mass is 16.4. The van der Waals surface area contributed by atoms with Crippen LogP contribution in [-0.2, 0) is 0 Å². The maximum absolute atomic E-state index is 11.2. The van der Waals surface area contributed by atoms with Crippen LogP contribution in [0.25, 0.3) is 0 Å². The molecule has 1 aromatic carbocycles. The molecule has 110 valence electrons. The van der Waals surface area contributed by atoms with Crippen LogP contribution in [0.4, 0.5) is 11.4 Å². The lowest BCUT2D eigenvalue weighted by molar-refractivity contribution is 0.0698. The van der Waals surface area contributed by atoms with Gasteiger partial charge >= 0.3 is 5.97 Å². The molecule has 0 spiro atoms. The van der Waals surface area contributed by atoms with Crippen LogP contribution >= 0.6 is 0 Å². The number of hydrogen-bond acceptors (Lipinski definition) is 3. The van der Waals surface area contributed by atoms with Gasteiger partial charge in [0.2, 0.25) is 0 Å². The van der Waals surface area contributed by atoms with E-state index in [2.05, 4.69) is 12.2 Å². The molecule has 0 bridgehead atoms. The van der Waals surface area contributed by atoms with E-state index in [1.807, 2.05) is 13.0 Å². The normalized spacial score (nSPS) is 17.7. The molecule has 2 rings (SSSR count). The first-order valence-electron chi connectivity index (χ1n) is 7.39. The number of nitrogens with two attached hydrogens (primary N) is 1. The third kappa shape index (κ3) is 3.24. The number of rotatable bonds is 4. The highest BCUT2D eigenvalue weighted by Gasteiger charge is 2.20. The van der Waals surface area contributed by atoms with Crippen molar-refractivity contribution >= 4 is 17.3 Å². The van der Waals surface area contributed by atoms with Crippen LogP contribution in [0.2, 0.25) is 0 Å². The Labute approximate surface area is 120 Å². The summed E-state index contributed by atoms with van der Waals surface area (Å²) in [4.78, 5) is 11.2. The third-order valence-electron chi connectivity index (χ3n) is 4.37. The number of hydrogen-bond donors (Lipinski definition) is 3. The summed E-state index contributed by atoms with van der Waals surface area (Å²) in [5.74, 6) is -0.297. The lowest BCUT2D eigenvalue weighted by atomic mass is 9.84. The molecular weight excluding hydrogens is 252 g/mol. The Hall–Kier alpha value is -1.71. The van der Waals surface area contributed by atoms with Gasteiger partial charge in [0.25, 0.3) is 0 Å². The summed E-state index contributed by atoms with van der Waals surface area (Å²) in [6.07, 6.45) is 6.46. The van der Waals surface area contributed by atoms with Crippen molar-refractivity contribution in [2.24, 2.45) is 5.92 Å². The van der Waals surface area contributed by atoms with Gasteiger partial charge in [-0.05, 0) is 50.3 Å². The molecule has 1 aliphatic carbocycles. The minimum Gasteiger partial charge on any atom is -0.478 e. The van der Waals surface area contributed by atoms with Crippen molar-refractivity contribution < 1.29 is 9.90 Å². The van der Waals surface area contributed by atoms with E-state index in [9.17, 15) is 9.90 Å². The standard InChI is InChI=1S/C16H24N2O2/c1-10-8-13(9-14(15(10)17)16(19)20)18-11(2)12-6-4-3-5-7-12/h8-9,11-12,18H,3-7,17H2,1-2H3,(H,19,20). The van der Waals surface area contributed by atoms with E-state index in [4.69, 9.17) is 5.73 Å². The van der Waals surface area contributed by atoms with Crippen LogP contribution in [0.15, 0.2) is 12.1 Å². The number of aromatic carboxylic acids is 1. The van der Waals surface area contributed by atoms with Gasteiger partial charge in [0.15, 0.2) is 0 Å². The molecule has 4 heteroatoms. The smallest absolute Gasteiger partial charge is 0.337 e. The summed E-state index contributed by atoms with van der Waals surface area (Å²) in [5.41, 5.74) is 8.02. The van der Waals surface area contributed by atoms with Gasteiger partial charge in [-0.15, -0.1) is 0 Å². The molecule has 4 nitrogen and oxygen atoms in total. The second-order valence-corrected chi connectivity index (χ2v) is 5.89. The molecule has 20 heavy (non-hydrogen) atoms. The average Bonchev–Trinajstić information content (AvgIpc) is 2.43. The van der Waals surface area contributed by atoms with Crippen molar-refractivity contribution in [2.75, 3.05) is 11.1 Å². The van der Waals surface area contributed by atoms with Crippen molar-refractivity contribution in [2.45, 2.75) is 52.0 Å². The summed E-state index contributed by atoms with van der Waals surface area (Å²) in [7, 11) is 0. The van der Waals surface area contributed by atoms with Crippen LogP contribution in [0.5, 0.6) is 0 Å². The van der Waals surface area contributed by atoms with Crippen LogP contribution in [0.1, 0.15) is 54.9 Å². The molecule has 1 fully saturated rings. The van der Waals surface area contributed by atoms with Gasteiger partial charge in [-0.2, -0.15) is 0 Å². The minimum absolute atomic E-state index is 0.184. The van der Waals surface area contributed by atoms with E-state index < -0.39 is 5.97 Å². The minimum atomic E-state index is -0.973. The van der Waals surface area contributed by atoms with Gasteiger partial charge in [0.1, 0.15) is 0 Å². The topological polar surface area (TPSA) is 75.3 Å². The van der Waals surface area contributed by atoms with E-state index in [-0.39, 0.29) is 5.56 Å². The molecule has 0 radical (unpaired) electrons. The van der Waals surface area contributed by atoms with E-state index in [1.165, 1.54) is 32.1 Å². The average molecular weight is 276 g/mol. The largest absolute Gasteiger partial charge is 0.478 e. The van der Waals surface area contributed by atoms with Crippen LogP contribution in [-0.4, -0.2) is 17.1 Å². The Morgan fingerprint density at radius 1 is 1.35 bits per heavy atom. The zero-order chi connectivity index (χ0) is 14.7. The molecule has 4 N–H and O–H groups in total. The highest BCUT2D eigenvalue weighted by molar-refractivity contribution is 5.95. The van der Waals surface area contributed by atoms with Gasteiger partial charge < -0.3 is 16.2 Å². The molecule has 0 aromatic heterocycles. The van der Waals surface area contributed by atoms with Gasteiger partial charge in [0, 0.05) is 17.4 Å².